The zero-order chi connectivity index (χ0) is 11.5. The normalized spacial score (nSPS) is 10.9. The van der Waals surface area contributed by atoms with Crippen LogP contribution in [0.1, 0.15) is 12.0 Å². The summed E-state index contributed by atoms with van der Waals surface area (Å²) in [6.07, 6.45) is 3.57. The molecule has 1 aromatic carbocycles. The number of methoxy groups -OCH3 is 1. The lowest BCUT2D eigenvalue weighted by Gasteiger charge is -2.08. The molecule has 0 aliphatic rings. The van der Waals surface area contributed by atoms with Gasteiger partial charge in [0.25, 0.3) is 0 Å². The average Bonchev–Trinajstić information content (AvgIpc) is 2.78. The minimum Gasteiger partial charge on any atom is -0.493 e. The highest BCUT2D eigenvalue weighted by molar-refractivity contribution is 9.10. The largest absolute Gasteiger partial charge is 0.493 e. The fourth-order valence-corrected chi connectivity index (χ4v) is 2.38. The van der Waals surface area contributed by atoms with Crippen molar-refractivity contribution in [2.75, 3.05) is 13.7 Å². The van der Waals surface area contributed by atoms with E-state index in [-0.39, 0.29) is 0 Å². The summed E-state index contributed by atoms with van der Waals surface area (Å²) in [5.41, 5.74) is 7.51. The third kappa shape index (κ3) is 1.95. The topological polar surface area (TPSA) is 48.4 Å². The molecule has 2 N–H and O–H groups in total. The van der Waals surface area contributed by atoms with Crippen molar-refractivity contribution in [1.82, 2.24) is 0 Å². The highest BCUT2D eigenvalue weighted by Crippen LogP contribution is 2.36. The van der Waals surface area contributed by atoms with Gasteiger partial charge in [-0.2, -0.15) is 0 Å². The van der Waals surface area contributed by atoms with Gasteiger partial charge in [0.05, 0.1) is 13.4 Å². The van der Waals surface area contributed by atoms with Gasteiger partial charge in [0.15, 0.2) is 11.3 Å². The number of aryl methyl sites for hydroxylation is 1. The maximum Gasteiger partial charge on any atom is 0.176 e. The van der Waals surface area contributed by atoms with Gasteiger partial charge in [0, 0.05) is 9.86 Å². The molecule has 16 heavy (non-hydrogen) atoms. The van der Waals surface area contributed by atoms with Gasteiger partial charge in [0.1, 0.15) is 0 Å². The summed E-state index contributed by atoms with van der Waals surface area (Å²) in [5.74, 6) is 0.773. The summed E-state index contributed by atoms with van der Waals surface area (Å²) in [6.45, 7) is 0.693. The van der Waals surface area contributed by atoms with Crippen molar-refractivity contribution in [1.29, 1.82) is 0 Å². The summed E-state index contributed by atoms with van der Waals surface area (Å²) in [5, 5.41) is 1.05. The molecule has 3 nitrogen and oxygen atoms in total. The third-order valence-electron chi connectivity index (χ3n) is 2.58. The number of rotatable bonds is 4. The lowest BCUT2D eigenvalue weighted by atomic mass is 10.1. The third-order valence-corrected chi connectivity index (χ3v) is 3.52. The van der Waals surface area contributed by atoms with Crippen LogP contribution in [-0.4, -0.2) is 13.7 Å². The van der Waals surface area contributed by atoms with Crippen molar-refractivity contribution < 1.29 is 9.15 Å². The molecule has 1 aromatic heterocycles. The highest BCUT2D eigenvalue weighted by atomic mass is 79.9. The molecule has 0 atom stereocenters. The number of furan rings is 1. The first kappa shape index (κ1) is 11.5. The maximum atomic E-state index is 5.52. The molecule has 0 spiro atoms. The lowest BCUT2D eigenvalue weighted by Crippen LogP contribution is -2.01. The molecule has 0 amide bonds. The van der Waals surface area contributed by atoms with Gasteiger partial charge in [-0.15, -0.1) is 0 Å². The molecule has 0 radical (unpaired) electrons. The number of hydrogen-bond acceptors (Lipinski definition) is 3. The summed E-state index contributed by atoms with van der Waals surface area (Å²) in [7, 11) is 1.65. The van der Waals surface area contributed by atoms with E-state index < -0.39 is 0 Å². The Balaban J connectivity index is 2.52. The number of benzene rings is 1. The van der Waals surface area contributed by atoms with E-state index in [0.29, 0.717) is 6.54 Å². The van der Waals surface area contributed by atoms with Crippen molar-refractivity contribution in [3.05, 3.63) is 28.4 Å². The second kappa shape index (κ2) is 4.89. The molecule has 0 saturated heterocycles. The van der Waals surface area contributed by atoms with Crippen LogP contribution in [0.5, 0.6) is 5.75 Å². The van der Waals surface area contributed by atoms with E-state index in [9.17, 15) is 0 Å². The van der Waals surface area contributed by atoms with Crippen LogP contribution in [0.2, 0.25) is 0 Å². The first-order chi connectivity index (χ1) is 7.77. The van der Waals surface area contributed by atoms with Gasteiger partial charge in [-0.1, -0.05) is 0 Å². The standard InChI is InChI=1S/C12H14BrNO2/c1-15-10-7-8(3-2-5-14)11(13)9-4-6-16-12(9)10/h4,6-7H,2-3,5,14H2,1H3. The van der Waals surface area contributed by atoms with E-state index in [4.69, 9.17) is 14.9 Å². The fourth-order valence-electron chi connectivity index (χ4n) is 1.76. The zero-order valence-electron chi connectivity index (χ0n) is 9.13. The van der Waals surface area contributed by atoms with E-state index >= 15 is 0 Å². The van der Waals surface area contributed by atoms with Crippen molar-refractivity contribution in [2.24, 2.45) is 5.73 Å². The van der Waals surface area contributed by atoms with Crippen LogP contribution in [0.4, 0.5) is 0 Å². The Hall–Kier alpha value is -1.00. The van der Waals surface area contributed by atoms with Gasteiger partial charge in [-0.3, -0.25) is 0 Å². The van der Waals surface area contributed by atoms with Crippen LogP contribution in [0.3, 0.4) is 0 Å². The molecule has 0 bridgehead atoms. The van der Waals surface area contributed by atoms with E-state index in [1.54, 1.807) is 13.4 Å². The lowest BCUT2D eigenvalue weighted by molar-refractivity contribution is 0.409. The summed E-state index contributed by atoms with van der Waals surface area (Å²) < 4.78 is 11.8. The predicted molar refractivity (Wildman–Crippen MR) is 67.8 cm³/mol. The zero-order valence-corrected chi connectivity index (χ0v) is 10.7. The second-order valence-corrected chi connectivity index (χ2v) is 4.40. The number of nitrogens with two attached hydrogens (primary N) is 1. The van der Waals surface area contributed by atoms with Crippen molar-refractivity contribution >= 4 is 26.9 Å². The minimum absolute atomic E-state index is 0.693. The first-order valence-corrected chi connectivity index (χ1v) is 6.00. The van der Waals surface area contributed by atoms with Gasteiger partial charge in [-0.25, -0.2) is 0 Å². The van der Waals surface area contributed by atoms with E-state index in [0.717, 1.165) is 34.0 Å². The van der Waals surface area contributed by atoms with Crippen LogP contribution in [0.25, 0.3) is 11.0 Å². The molecule has 0 fully saturated rings. The second-order valence-electron chi connectivity index (χ2n) is 3.61. The molecule has 0 saturated carbocycles. The molecular weight excluding hydrogens is 270 g/mol. The molecule has 0 aliphatic carbocycles. The Kier molecular flexibility index (Phi) is 3.51. The summed E-state index contributed by atoms with van der Waals surface area (Å²) in [6, 6.07) is 3.94. The van der Waals surface area contributed by atoms with Gasteiger partial charge in [0.2, 0.25) is 0 Å². The number of fused-ring (bicyclic) bond motifs is 1. The minimum atomic E-state index is 0.693. The summed E-state index contributed by atoms with van der Waals surface area (Å²) in [4.78, 5) is 0. The van der Waals surface area contributed by atoms with Crippen molar-refractivity contribution in [3.8, 4) is 5.75 Å². The Morgan fingerprint density at radius 3 is 3.00 bits per heavy atom. The molecular formula is C12H14BrNO2. The predicted octanol–water partition coefficient (Wildman–Crippen LogP) is 3.10. The SMILES string of the molecule is COc1cc(CCCN)c(Br)c2ccoc12. The maximum absolute atomic E-state index is 5.52. The van der Waals surface area contributed by atoms with Crippen molar-refractivity contribution in [2.45, 2.75) is 12.8 Å². The fraction of sp³-hybridized carbons (Fsp3) is 0.333. The number of ether oxygens (including phenoxy) is 1. The van der Waals surface area contributed by atoms with E-state index in [1.807, 2.05) is 12.1 Å². The van der Waals surface area contributed by atoms with Crippen LogP contribution < -0.4 is 10.5 Å². The number of hydrogen-bond donors (Lipinski definition) is 1. The quantitative estimate of drug-likeness (QED) is 0.938. The van der Waals surface area contributed by atoms with Gasteiger partial charge in [-0.05, 0) is 53.0 Å². The molecule has 4 heteroatoms. The van der Waals surface area contributed by atoms with Crippen LogP contribution in [0.15, 0.2) is 27.3 Å². The van der Waals surface area contributed by atoms with E-state index in [1.165, 1.54) is 5.56 Å². The smallest absolute Gasteiger partial charge is 0.176 e. The van der Waals surface area contributed by atoms with Crippen molar-refractivity contribution in [3.63, 3.8) is 0 Å². The molecule has 2 aromatic rings. The molecule has 86 valence electrons. The Morgan fingerprint density at radius 2 is 2.31 bits per heavy atom. The Bertz CT molecular complexity index is 493. The first-order valence-electron chi connectivity index (χ1n) is 5.20. The number of halogens is 1. The van der Waals surface area contributed by atoms with Crippen LogP contribution in [-0.2, 0) is 6.42 Å². The molecule has 0 unspecified atom stereocenters. The van der Waals surface area contributed by atoms with E-state index in [2.05, 4.69) is 15.9 Å². The van der Waals surface area contributed by atoms with Crippen LogP contribution in [0, 0.1) is 0 Å². The molecule has 0 aliphatic heterocycles. The van der Waals surface area contributed by atoms with Crippen LogP contribution >= 0.6 is 15.9 Å². The van der Waals surface area contributed by atoms with Gasteiger partial charge >= 0.3 is 0 Å². The molecule has 2 rings (SSSR count). The Labute approximate surface area is 103 Å². The monoisotopic (exact) mass is 283 g/mol. The highest BCUT2D eigenvalue weighted by Gasteiger charge is 2.12. The van der Waals surface area contributed by atoms with Gasteiger partial charge < -0.3 is 14.9 Å². The molecule has 1 heterocycles. The summed E-state index contributed by atoms with van der Waals surface area (Å²) >= 11 is 3.60. The average molecular weight is 284 g/mol. The Morgan fingerprint density at radius 1 is 1.50 bits per heavy atom.